The van der Waals surface area contributed by atoms with Gasteiger partial charge in [-0.05, 0) is 50.4 Å². The quantitative estimate of drug-likeness (QED) is 0.741. The highest BCUT2D eigenvalue weighted by atomic mass is 32.1. The summed E-state index contributed by atoms with van der Waals surface area (Å²) in [6.45, 7) is 0.509. The normalized spacial score (nSPS) is 29.2. The van der Waals surface area contributed by atoms with Crippen LogP contribution in [0, 0.1) is 5.92 Å². The Hall–Kier alpha value is -1.53. The van der Waals surface area contributed by atoms with Crippen molar-refractivity contribution in [1.29, 1.82) is 0 Å². The second-order valence-corrected chi connectivity index (χ2v) is 8.95. The van der Waals surface area contributed by atoms with E-state index < -0.39 is 5.72 Å². The number of hydrogen-bond acceptors (Lipinski definition) is 4. The van der Waals surface area contributed by atoms with Crippen LogP contribution in [0.25, 0.3) is 0 Å². The maximum Gasteiger partial charge on any atom is 0.171 e. The van der Waals surface area contributed by atoms with Crippen molar-refractivity contribution < 1.29 is 14.6 Å². The van der Waals surface area contributed by atoms with Gasteiger partial charge >= 0.3 is 0 Å². The molecule has 3 fully saturated rings. The van der Waals surface area contributed by atoms with Crippen molar-refractivity contribution >= 4 is 17.3 Å². The number of rotatable bonds is 4. The second kappa shape index (κ2) is 7.71. The molecule has 2 N–H and O–H groups in total. The zero-order valence-electron chi connectivity index (χ0n) is 17.0. The number of nitrogens with zero attached hydrogens (tertiary/aromatic N) is 1. The van der Waals surface area contributed by atoms with Crippen LogP contribution in [0.15, 0.2) is 18.2 Å². The number of ether oxygens (including phenoxy) is 2. The van der Waals surface area contributed by atoms with E-state index in [1.54, 1.807) is 14.2 Å². The number of nitrogens with one attached hydrogen (secondary N) is 1. The highest BCUT2D eigenvalue weighted by Crippen LogP contribution is 2.51. The second-order valence-electron chi connectivity index (χ2n) is 8.56. The predicted molar refractivity (Wildman–Crippen MR) is 114 cm³/mol. The molecule has 1 aromatic rings. The maximum absolute atomic E-state index is 12.0. The molecule has 1 spiro atoms. The third kappa shape index (κ3) is 3.14. The molecule has 2 aliphatic carbocycles. The Morgan fingerprint density at radius 1 is 1.11 bits per heavy atom. The van der Waals surface area contributed by atoms with Crippen LogP contribution in [0.2, 0.25) is 0 Å². The Bertz CT molecular complexity index is 734. The first kappa shape index (κ1) is 19.8. The fourth-order valence-corrected chi connectivity index (χ4v) is 6.26. The van der Waals surface area contributed by atoms with Gasteiger partial charge in [-0.1, -0.05) is 37.8 Å². The van der Waals surface area contributed by atoms with E-state index >= 15 is 0 Å². The molecule has 5 nitrogen and oxygen atoms in total. The molecule has 1 heterocycles. The smallest absolute Gasteiger partial charge is 0.171 e. The number of para-hydroxylation sites is 1. The summed E-state index contributed by atoms with van der Waals surface area (Å²) in [5.41, 5.74) is 0.0363. The average molecular weight is 405 g/mol. The number of benzene rings is 1. The first-order chi connectivity index (χ1) is 13.5. The van der Waals surface area contributed by atoms with Crippen molar-refractivity contribution in [3.8, 4) is 11.5 Å². The largest absolute Gasteiger partial charge is 0.493 e. The van der Waals surface area contributed by atoms with Crippen LogP contribution in [0.1, 0.15) is 63.4 Å². The van der Waals surface area contributed by atoms with Gasteiger partial charge in [-0.2, -0.15) is 0 Å². The molecule has 2 saturated carbocycles. The van der Waals surface area contributed by atoms with E-state index in [0.29, 0.717) is 23.2 Å². The van der Waals surface area contributed by atoms with Gasteiger partial charge in [-0.25, -0.2) is 0 Å². The van der Waals surface area contributed by atoms with E-state index in [9.17, 15) is 5.11 Å². The minimum Gasteiger partial charge on any atom is -0.493 e. The molecule has 4 rings (SSSR count). The number of methoxy groups -OCH3 is 2. The average Bonchev–Trinajstić information content (AvgIpc) is 2.71. The highest BCUT2D eigenvalue weighted by molar-refractivity contribution is 7.80. The number of fused-ring (bicyclic) bond motifs is 2. The Kier molecular flexibility index (Phi) is 5.45. The highest BCUT2D eigenvalue weighted by Gasteiger charge is 2.58. The van der Waals surface area contributed by atoms with Gasteiger partial charge in [0.1, 0.15) is 5.72 Å². The molecule has 0 bridgehead atoms. The van der Waals surface area contributed by atoms with E-state index in [0.717, 1.165) is 37.7 Å². The minimum atomic E-state index is -0.897. The van der Waals surface area contributed by atoms with E-state index in [1.807, 2.05) is 23.1 Å². The van der Waals surface area contributed by atoms with E-state index in [-0.39, 0.29) is 11.5 Å². The standard InChI is InChI=1S/C22H32N2O3S/c1-26-17-10-8-9-16(19(17)27-2)15-24-20(28)23-21(12-5-3-6-13-21)18-11-4-7-14-22(18,24)25/h8-10,18,25H,3-7,11-15H2,1-2H3,(H,23,28)/t18-,22+/m0/s1. The molecule has 28 heavy (non-hydrogen) atoms. The molecule has 0 amide bonds. The fourth-order valence-electron chi connectivity index (χ4n) is 5.84. The summed E-state index contributed by atoms with van der Waals surface area (Å²) in [6, 6.07) is 5.88. The van der Waals surface area contributed by atoms with Gasteiger partial charge in [0.25, 0.3) is 0 Å². The van der Waals surface area contributed by atoms with Crippen molar-refractivity contribution in [2.75, 3.05) is 14.2 Å². The lowest BCUT2D eigenvalue weighted by molar-refractivity contribution is -0.184. The molecule has 2 atom stereocenters. The van der Waals surface area contributed by atoms with Crippen LogP contribution in [-0.4, -0.2) is 40.6 Å². The lowest BCUT2D eigenvalue weighted by atomic mass is 9.62. The molecule has 1 saturated heterocycles. The molecule has 1 aromatic carbocycles. The molecular weight excluding hydrogens is 372 g/mol. The van der Waals surface area contributed by atoms with Crippen LogP contribution >= 0.6 is 12.2 Å². The Morgan fingerprint density at radius 3 is 2.57 bits per heavy atom. The monoisotopic (exact) mass is 404 g/mol. The molecule has 6 heteroatoms. The lowest BCUT2D eigenvalue weighted by Crippen LogP contribution is -2.75. The molecule has 1 aliphatic heterocycles. The van der Waals surface area contributed by atoms with E-state index in [1.165, 1.54) is 25.7 Å². The van der Waals surface area contributed by atoms with Gasteiger partial charge in [0.05, 0.1) is 20.8 Å². The van der Waals surface area contributed by atoms with Crippen LogP contribution in [0.3, 0.4) is 0 Å². The first-order valence-corrected chi connectivity index (χ1v) is 11.0. The van der Waals surface area contributed by atoms with E-state index in [2.05, 4.69) is 5.32 Å². The van der Waals surface area contributed by atoms with Crippen LogP contribution in [-0.2, 0) is 6.54 Å². The number of hydrogen-bond donors (Lipinski definition) is 2. The zero-order valence-corrected chi connectivity index (χ0v) is 17.8. The number of thiocarbonyl (C=S) groups is 1. The zero-order chi connectivity index (χ0) is 19.8. The van der Waals surface area contributed by atoms with E-state index in [4.69, 9.17) is 21.7 Å². The third-order valence-corrected chi connectivity index (χ3v) is 7.46. The Balaban J connectivity index is 1.69. The van der Waals surface area contributed by atoms with Crippen molar-refractivity contribution in [2.45, 2.75) is 75.6 Å². The predicted octanol–water partition coefficient (Wildman–Crippen LogP) is 3.98. The summed E-state index contributed by atoms with van der Waals surface area (Å²) in [4.78, 5) is 2.02. The van der Waals surface area contributed by atoms with Crippen LogP contribution in [0.4, 0.5) is 0 Å². The summed E-state index contributed by atoms with van der Waals surface area (Å²) < 4.78 is 11.1. The van der Waals surface area contributed by atoms with Crippen molar-refractivity contribution in [3.05, 3.63) is 23.8 Å². The molecule has 0 radical (unpaired) electrons. The molecular formula is C22H32N2O3S. The van der Waals surface area contributed by atoms with Gasteiger partial charge in [0, 0.05) is 17.0 Å². The minimum absolute atomic E-state index is 0.0422. The van der Waals surface area contributed by atoms with Crippen LogP contribution in [0.5, 0.6) is 11.5 Å². The third-order valence-electron chi connectivity index (χ3n) is 7.14. The van der Waals surface area contributed by atoms with Gasteiger partial charge in [-0.3, -0.25) is 0 Å². The number of aliphatic hydroxyl groups is 1. The summed E-state index contributed by atoms with van der Waals surface area (Å²) in [7, 11) is 3.30. The van der Waals surface area contributed by atoms with Crippen molar-refractivity contribution in [3.63, 3.8) is 0 Å². The van der Waals surface area contributed by atoms with Crippen molar-refractivity contribution in [2.24, 2.45) is 5.92 Å². The molecule has 154 valence electrons. The van der Waals surface area contributed by atoms with Crippen molar-refractivity contribution in [1.82, 2.24) is 10.2 Å². The van der Waals surface area contributed by atoms with Crippen LogP contribution < -0.4 is 14.8 Å². The lowest BCUT2D eigenvalue weighted by Gasteiger charge is -2.61. The Morgan fingerprint density at radius 2 is 1.86 bits per heavy atom. The van der Waals surface area contributed by atoms with Gasteiger partial charge < -0.3 is 24.8 Å². The summed E-state index contributed by atoms with van der Waals surface area (Å²) >= 11 is 5.84. The first-order valence-electron chi connectivity index (χ1n) is 10.6. The van der Waals surface area contributed by atoms with Gasteiger partial charge in [-0.15, -0.1) is 0 Å². The van der Waals surface area contributed by atoms with Gasteiger partial charge in [0.15, 0.2) is 16.6 Å². The topological polar surface area (TPSA) is 54.0 Å². The SMILES string of the molecule is COc1cccc(CN2C(=S)NC3(CCCCC3)[C@@H]3CCCC[C@@]32O)c1OC. The fraction of sp³-hybridized carbons (Fsp3) is 0.682. The van der Waals surface area contributed by atoms with Gasteiger partial charge in [0.2, 0.25) is 0 Å². The summed E-state index contributed by atoms with van der Waals surface area (Å²) in [5, 5.41) is 16.4. The Labute approximate surface area is 173 Å². The summed E-state index contributed by atoms with van der Waals surface area (Å²) in [6.07, 6.45) is 9.97. The molecule has 3 aliphatic rings. The maximum atomic E-state index is 12.0. The molecule has 0 unspecified atom stereocenters. The molecule has 0 aromatic heterocycles. The summed E-state index contributed by atoms with van der Waals surface area (Å²) in [5.74, 6) is 1.62.